The van der Waals surface area contributed by atoms with Gasteiger partial charge in [-0.1, -0.05) is 30.7 Å². The van der Waals surface area contributed by atoms with E-state index in [1.54, 1.807) is 0 Å². The first-order chi connectivity index (χ1) is 8.56. The van der Waals surface area contributed by atoms with Gasteiger partial charge in [-0.05, 0) is 50.6 Å². The number of piperidine rings is 1. The second-order valence-electron chi connectivity index (χ2n) is 5.57. The lowest BCUT2D eigenvalue weighted by Gasteiger charge is -2.37. The van der Waals surface area contributed by atoms with E-state index in [1.165, 1.54) is 25.1 Å². The van der Waals surface area contributed by atoms with Crippen molar-refractivity contribution in [3.63, 3.8) is 0 Å². The molecule has 0 spiro atoms. The van der Waals surface area contributed by atoms with E-state index in [4.69, 9.17) is 11.6 Å². The molecule has 1 aliphatic heterocycles. The van der Waals surface area contributed by atoms with Crippen LogP contribution in [-0.4, -0.2) is 31.1 Å². The fraction of sp³-hybridized carbons (Fsp3) is 0.600. The molecule has 1 fully saturated rings. The molecule has 0 aliphatic carbocycles. The first-order valence-electron chi connectivity index (χ1n) is 6.76. The van der Waals surface area contributed by atoms with Gasteiger partial charge in [-0.2, -0.15) is 0 Å². The normalized spacial score (nSPS) is 27.1. The van der Waals surface area contributed by atoms with Crippen molar-refractivity contribution in [1.29, 1.82) is 0 Å². The largest absolute Gasteiger partial charge is 0.307 e. The number of hydrogen-bond donors (Lipinski definition) is 1. The van der Waals surface area contributed by atoms with E-state index >= 15 is 0 Å². The van der Waals surface area contributed by atoms with Gasteiger partial charge in [0.2, 0.25) is 0 Å². The summed E-state index contributed by atoms with van der Waals surface area (Å²) in [4.78, 5) is 2.41. The number of nitrogens with zero attached hydrogens (tertiary/aromatic N) is 1. The van der Waals surface area contributed by atoms with Crippen molar-refractivity contribution in [2.75, 3.05) is 20.1 Å². The quantitative estimate of drug-likeness (QED) is 0.903. The monoisotopic (exact) mass is 266 g/mol. The molecule has 3 unspecified atom stereocenters. The highest BCUT2D eigenvalue weighted by Gasteiger charge is 2.25. The molecular weight excluding hydrogens is 244 g/mol. The summed E-state index contributed by atoms with van der Waals surface area (Å²) >= 11 is 5.92. The van der Waals surface area contributed by atoms with E-state index in [2.05, 4.69) is 43.2 Å². The van der Waals surface area contributed by atoms with E-state index in [-0.39, 0.29) is 0 Å². The number of rotatable bonds is 3. The minimum Gasteiger partial charge on any atom is -0.307 e. The number of benzene rings is 1. The molecule has 0 aromatic heterocycles. The predicted molar refractivity (Wildman–Crippen MR) is 78.1 cm³/mol. The molecule has 1 aromatic carbocycles. The van der Waals surface area contributed by atoms with Crippen LogP contribution in [0.1, 0.15) is 31.9 Å². The van der Waals surface area contributed by atoms with Crippen molar-refractivity contribution in [1.82, 2.24) is 10.2 Å². The topological polar surface area (TPSA) is 15.3 Å². The fourth-order valence-corrected chi connectivity index (χ4v) is 2.90. The molecule has 1 N–H and O–H groups in total. The first-order valence-corrected chi connectivity index (χ1v) is 7.14. The standard InChI is InChI=1S/C15H23ClN2/c1-11-10-18(3)9-8-15(11)17-12(2)13-4-6-14(16)7-5-13/h4-7,11-12,15,17H,8-10H2,1-3H3. The third-order valence-electron chi connectivity index (χ3n) is 3.94. The average molecular weight is 267 g/mol. The summed E-state index contributed by atoms with van der Waals surface area (Å²) in [6.45, 7) is 6.94. The summed E-state index contributed by atoms with van der Waals surface area (Å²) in [6, 6.07) is 9.16. The number of hydrogen-bond acceptors (Lipinski definition) is 2. The zero-order valence-electron chi connectivity index (χ0n) is 11.5. The number of nitrogens with one attached hydrogen (secondary N) is 1. The van der Waals surface area contributed by atoms with Crippen molar-refractivity contribution < 1.29 is 0 Å². The van der Waals surface area contributed by atoms with Gasteiger partial charge in [-0.15, -0.1) is 0 Å². The Labute approximate surface area is 115 Å². The molecule has 3 heteroatoms. The lowest BCUT2D eigenvalue weighted by molar-refractivity contribution is 0.168. The number of halogens is 1. The van der Waals surface area contributed by atoms with Crippen molar-refractivity contribution in [3.8, 4) is 0 Å². The summed E-state index contributed by atoms with van der Waals surface area (Å²) in [6.07, 6.45) is 1.23. The SMILES string of the molecule is CC(NC1CCN(C)CC1C)c1ccc(Cl)cc1. The first kappa shape index (κ1) is 13.9. The van der Waals surface area contributed by atoms with Crippen LogP contribution in [0.3, 0.4) is 0 Å². The summed E-state index contributed by atoms with van der Waals surface area (Å²) in [5.41, 5.74) is 1.31. The Morgan fingerprint density at radius 1 is 1.33 bits per heavy atom. The van der Waals surface area contributed by atoms with Crippen molar-refractivity contribution in [2.24, 2.45) is 5.92 Å². The van der Waals surface area contributed by atoms with Gasteiger partial charge in [-0.25, -0.2) is 0 Å². The Morgan fingerprint density at radius 2 is 2.00 bits per heavy atom. The molecule has 2 rings (SSSR count). The van der Waals surface area contributed by atoms with Gasteiger partial charge in [0.25, 0.3) is 0 Å². The molecule has 3 atom stereocenters. The third-order valence-corrected chi connectivity index (χ3v) is 4.19. The molecule has 1 aliphatic rings. The molecule has 0 bridgehead atoms. The van der Waals surface area contributed by atoms with E-state index in [1.807, 2.05) is 12.1 Å². The van der Waals surface area contributed by atoms with Crippen LogP contribution in [0.25, 0.3) is 0 Å². The second-order valence-corrected chi connectivity index (χ2v) is 6.01. The van der Waals surface area contributed by atoms with Crippen LogP contribution in [0.4, 0.5) is 0 Å². The van der Waals surface area contributed by atoms with Crippen LogP contribution in [0.15, 0.2) is 24.3 Å². The lowest BCUT2D eigenvalue weighted by Crippen LogP contribution is -2.47. The maximum absolute atomic E-state index is 5.92. The van der Waals surface area contributed by atoms with Crippen LogP contribution in [0, 0.1) is 5.92 Å². The van der Waals surface area contributed by atoms with E-state index in [0.717, 1.165) is 5.02 Å². The Bertz CT molecular complexity index is 377. The Hall–Kier alpha value is -0.570. The lowest BCUT2D eigenvalue weighted by atomic mass is 9.93. The van der Waals surface area contributed by atoms with Gasteiger partial charge in [0.1, 0.15) is 0 Å². The molecule has 0 saturated carbocycles. The van der Waals surface area contributed by atoms with Crippen molar-refractivity contribution >= 4 is 11.6 Å². The highest BCUT2D eigenvalue weighted by molar-refractivity contribution is 6.30. The highest BCUT2D eigenvalue weighted by atomic mass is 35.5. The highest BCUT2D eigenvalue weighted by Crippen LogP contribution is 2.21. The zero-order chi connectivity index (χ0) is 13.1. The van der Waals surface area contributed by atoms with E-state index < -0.39 is 0 Å². The summed E-state index contributed by atoms with van der Waals surface area (Å²) < 4.78 is 0. The third kappa shape index (κ3) is 3.47. The van der Waals surface area contributed by atoms with Gasteiger partial charge >= 0.3 is 0 Å². The molecule has 100 valence electrons. The summed E-state index contributed by atoms with van der Waals surface area (Å²) in [5.74, 6) is 0.707. The number of likely N-dealkylation sites (tertiary alicyclic amines) is 1. The smallest absolute Gasteiger partial charge is 0.0406 e. The van der Waals surface area contributed by atoms with Crippen LogP contribution in [0.2, 0.25) is 5.02 Å². The Morgan fingerprint density at radius 3 is 2.61 bits per heavy atom. The fourth-order valence-electron chi connectivity index (χ4n) is 2.77. The molecule has 1 aromatic rings. The van der Waals surface area contributed by atoms with Gasteiger partial charge in [0.15, 0.2) is 0 Å². The molecule has 18 heavy (non-hydrogen) atoms. The molecule has 0 amide bonds. The maximum atomic E-state index is 5.92. The van der Waals surface area contributed by atoms with Crippen LogP contribution in [0.5, 0.6) is 0 Å². The summed E-state index contributed by atoms with van der Waals surface area (Å²) in [7, 11) is 2.20. The van der Waals surface area contributed by atoms with Crippen LogP contribution >= 0.6 is 11.6 Å². The maximum Gasteiger partial charge on any atom is 0.0406 e. The van der Waals surface area contributed by atoms with Crippen LogP contribution in [-0.2, 0) is 0 Å². The average Bonchev–Trinajstić information content (AvgIpc) is 2.33. The Kier molecular flexibility index (Phi) is 4.66. The minimum atomic E-state index is 0.387. The van der Waals surface area contributed by atoms with Crippen molar-refractivity contribution in [2.45, 2.75) is 32.4 Å². The van der Waals surface area contributed by atoms with Crippen molar-refractivity contribution in [3.05, 3.63) is 34.9 Å². The Balaban J connectivity index is 1.94. The van der Waals surface area contributed by atoms with Crippen LogP contribution < -0.4 is 5.32 Å². The van der Waals surface area contributed by atoms with E-state index in [0.29, 0.717) is 18.0 Å². The molecule has 1 heterocycles. The molecular formula is C15H23ClN2. The van der Waals surface area contributed by atoms with Gasteiger partial charge < -0.3 is 10.2 Å². The van der Waals surface area contributed by atoms with E-state index in [9.17, 15) is 0 Å². The molecule has 0 radical (unpaired) electrons. The second kappa shape index (κ2) is 6.05. The molecule has 2 nitrogen and oxygen atoms in total. The summed E-state index contributed by atoms with van der Waals surface area (Å²) in [5, 5.41) is 4.56. The minimum absolute atomic E-state index is 0.387. The van der Waals surface area contributed by atoms with Gasteiger partial charge in [0, 0.05) is 23.7 Å². The van der Waals surface area contributed by atoms with Gasteiger partial charge in [-0.3, -0.25) is 0 Å². The molecule has 1 saturated heterocycles. The predicted octanol–water partition coefficient (Wildman–Crippen LogP) is 3.33. The zero-order valence-corrected chi connectivity index (χ0v) is 12.2. The van der Waals surface area contributed by atoms with Gasteiger partial charge in [0.05, 0.1) is 0 Å².